The molecule has 0 unspecified atom stereocenters. The van der Waals surface area contributed by atoms with Crippen LogP contribution in [0.25, 0.3) is 10.8 Å². The summed E-state index contributed by atoms with van der Waals surface area (Å²) in [4.78, 5) is 6.58. The molecule has 0 saturated heterocycles. The van der Waals surface area contributed by atoms with Crippen LogP contribution >= 0.6 is 0 Å². The number of rotatable bonds is 3. The van der Waals surface area contributed by atoms with Crippen LogP contribution in [0.2, 0.25) is 0 Å². The van der Waals surface area contributed by atoms with E-state index in [4.69, 9.17) is 14.4 Å². The van der Waals surface area contributed by atoms with Crippen molar-refractivity contribution in [3.63, 3.8) is 0 Å². The van der Waals surface area contributed by atoms with Gasteiger partial charge in [0.25, 0.3) is 5.75 Å². The number of anilines is 1. The van der Waals surface area contributed by atoms with Gasteiger partial charge in [-0.05, 0) is 41.1 Å². The van der Waals surface area contributed by atoms with Crippen molar-refractivity contribution < 1.29 is 34.5 Å². The number of benzene rings is 3. The van der Waals surface area contributed by atoms with Crippen LogP contribution in [0, 0.1) is 13.3 Å². The van der Waals surface area contributed by atoms with Crippen molar-refractivity contribution in [2.45, 2.75) is 0 Å². The molecule has 0 aliphatic rings. The van der Waals surface area contributed by atoms with E-state index in [1.807, 2.05) is 68.7 Å². The molecule has 0 heterocycles. The first-order chi connectivity index (χ1) is 12.6. The molecule has 0 radical (unpaired) electrons. The van der Waals surface area contributed by atoms with Gasteiger partial charge in [0.2, 0.25) is 0 Å². The number of hydrogen-bond donors (Lipinski definition) is 0. The van der Waals surface area contributed by atoms with E-state index in [0.717, 1.165) is 27.7 Å². The zero-order valence-corrected chi connectivity index (χ0v) is 17.3. The van der Waals surface area contributed by atoms with Gasteiger partial charge < -0.3 is 10.0 Å². The van der Waals surface area contributed by atoms with Gasteiger partial charge in [-0.15, -0.1) is 0 Å². The molecule has 0 aliphatic carbocycles. The minimum Gasteiger partial charge on any atom is 3.00 e. The first kappa shape index (κ1) is 24.3. The maximum atomic E-state index is 8.11. The Kier molecular flexibility index (Phi) is 11.4. The SMILES string of the molecule is CN(C)c1ccc(N=Cc2c([OH2+])ccc3ccccc23)cc1.[C-]#[O+].[C-]#[O+].[Ir+3]. The van der Waals surface area contributed by atoms with Crippen molar-refractivity contribution in [2.75, 3.05) is 19.0 Å². The van der Waals surface area contributed by atoms with Crippen LogP contribution in [0.1, 0.15) is 5.56 Å². The Hall–Kier alpha value is -2.68. The van der Waals surface area contributed by atoms with Crippen LogP contribution in [0.5, 0.6) is 5.75 Å². The molecule has 6 heteroatoms. The molecule has 0 amide bonds. The quantitative estimate of drug-likeness (QED) is 0.281. The van der Waals surface area contributed by atoms with Crippen molar-refractivity contribution >= 4 is 28.4 Å². The summed E-state index contributed by atoms with van der Waals surface area (Å²) in [6, 6.07) is 19.9. The van der Waals surface area contributed by atoms with E-state index < -0.39 is 0 Å². The molecular formula is C21H19IrN2O3+4. The minimum atomic E-state index is 0. The summed E-state index contributed by atoms with van der Waals surface area (Å²) in [5.74, 6) is 0.493. The maximum absolute atomic E-state index is 8.11. The Bertz CT molecular complexity index is 911. The fourth-order valence-corrected chi connectivity index (χ4v) is 2.41. The summed E-state index contributed by atoms with van der Waals surface area (Å²) in [5.41, 5.74) is 2.89. The van der Waals surface area contributed by atoms with Gasteiger partial charge in [-0.25, -0.2) is 0 Å². The third kappa shape index (κ3) is 6.52. The van der Waals surface area contributed by atoms with Crippen LogP contribution in [0.15, 0.2) is 65.7 Å². The third-order valence-corrected chi connectivity index (χ3v) is 3.68. The van der Waals surface area contributed by atoms with Crippen LogP contribution in [-0.4, -0.2) is 25.4 Å². The Balaban J connectivity index is 0.00000127. The van der Waals surface area contributed by atoms with Gasteiger partial charge in [-0.3, -0.25) is 4.99 Å². The van der Waals surface area contributed by atoms with Crippen LogP contribution in [0.3, 0.4) is 0 Å². The standard InChI is InChI=1S/C19H18N2O.2CO.Ir/c1-21(2)16-10-8-15(9-11-16)20-13-18-17-6-4-3-5-14(17)7-12-19(18)22;2*1-2;/h3-13,22H,1-2H3;;;/q;;;+3/p+1. The van der Waals surface area contributed by atoms with Crippen molar-refractivity contribution in [3.05, 3.63) is 79.5 Å². The zero-order valence-electron chi connectivity index (χ0n) is 14.9. The molecule has 0 aliphatic heterocycles. The van der Waals surface area contributed by atoms with Crippen LogP contribution in [0.4, 0.5) is 11.4 Å². The van der Waals surface area contributed by atoms with E-state index in [9.17, 15) is 0 Å². The molecule has 0 bridgehead atoms. The summed E-state index contributed by atoms with van der Waals surface area (Å²) in [5, 5.41) is 10.3. The van der Waals surface area contributed by atoms with Crippen molar-refractivity contribution in [1.29, 1.82) is 0 Å². The van der Waals surface area contributed by atoms with Gasteiger partial charge >= 0.3 is 42.7 Å². The monoisotopic (exact) mass is 540 g/mol. The average Bonchev–Trinajstić information content (AvgIpc) is 2.70. The topological polar surface area (TPSA) is 78.3 Å². The van der Waals surface area contributed by atoms with Gasteiger partial charge in [0.15, 0.2) is 0 Å². The summed E-state index contributed by atoms with van der Waals surface area (Å²) >= 11 is 0. The minimum absolute atomic E-state index is 0. The van der Waals surface area contributed by atoms with Gasteiger partial charge in [-0.1, -0.05) is 24.3 Å². The van der Waals surface area contributed by atoms with E-state index in [1.54, 1.807) is 6.21 Å². The van der Waals surface area contributed by atoms with Crippen LogP contribution < -0.4 is 4.90 Å². The molecule has 3 aromatic carbocycles. The second kappa shape index (κ2) is 12.6. The maximum Gasteiger partial charge on any atom is 3.00 e. The van der Waals surface area contributed by atoms with Crippen molar-refractivity contribution in [2.24, 2.45) is 4.99 Å². The molecule has 3 rings (SSSR count). The van der Waals surface area contributed by atoms with E-state index in [1.165, 1.54) is 0 Å². The first-order valence-electron chi connectivity index (χ1n) is 7.61. The second-order valence-electron chi connectivity index (χ2n) is 5.42. The second-order valence-corrected chi connectivity index (χ2v) is 5.42. The Morgan fingerprint density at radius 1 is 0.889 bits per heavy atom. The fourth-order valence-electron chi connectivity index (χ4n) is 2.41. The molecule has 27 heavy (non-hydrogen) atoms. The molecule has 136 valence electrons. The molecule has 3 aromatic rings. The summed E-state index contributed by atoms with van der Waals surface area (Å²) in [6.45, 7) is 9.00. The summed E-state index contributed by atoms with van der Waals surface area (Å²) in [7, 11) is 4.03. The van der Waals surface area contributed by atoms with E-state index >= 15 is 0 Å². The molecule has 0 fully saturated rings. The van der Waals surface area contributed by atoms with Gasteiger partial charge in [0.1, 0.15) is 0 Å². The number of aliphatic imine (C=N–C) groups is 1. The molecule has 0 spiro atoms. The van der Waals surface area contributed by atoms with Gasteiger partial charge in [-0.2, -0.15) is 0 Å². The number of fused-ring (bicyclic) bond motifs is 1. The summed E-state index contributed by atoms with van der Waals surface area (Å²) in [6.07, 6.45) is 1.79. The third-order valence-electron chi connectivity index (χ3n) is 3.68. The predicted octanol–water partition coefficient (Wildman–Crippen LogP) is 4.02. The zero-order chi connectivity index (χ0) is 19.5. The van der Waals surface area contributed by atoms with Crippen molar-refractivity contribution in [1.82, 2.24) is 0 Å². The van der Waals surface area contributed by atoms with Crippen LogP contribution in [-0.2, 0) is 29.4 Å². The van der Waals surface area contributed by atoms with E-state index in [2.05, 4.69) is 29.3 Å². The Morgan fingerprint density at radius 3 is 2.07 bits per heavy atom. The van der Waals surface area contributed by atoms with Gasteiger partial charge in [0, 0.05) is 32.1 Å². The molecule has 0 aromatic heterocycles. The molecule has 5 nitrogen and oxygen atoms in total. The average molecular weight is 540 g/mol. The number of hydrogen-bond acceptors (Lipinski definition) is 2. The van der Waals surface area contributed by atoms with E-state index in [-0.39, 0.29) is 20.1 Å². The smallest absolute Gasteiger partial charge is 3.00 e. The normalized spacial score (nSPS) is 9.26. The fraction of sp³-hybridized carbons (Fsp3) is 0.0952. The number of nitrogens with zero attached hydrogens (tertiary/aromatic N) is 2. The molecule has 0 atom stereocenters. The molecule has 0 saturated carbocycles. The Morgan fingerprint density at radius 2 is 1.48 bits per heavy atom. The van der Waals surface area contributed by atoms with Gasteiger partial charge in [0.05, 0.1) is 11.3 Å². The van der Waals surface area contributed by atoms with Crippen molar-refractivity contribution in [3.8, 4) is 5.75 Å². The molecule has 2 N–H and O–H groups in total. The van der Waals surface area contributed by atoms with E-state index in [0.29, 0.717) is 5.75 Å². The molecular weight excluding hydrogens is 520 g/mol. The Labute approximate surface area is 172 Å². The predicted molar refractivity (Wildman–Crippen MR) is 103 cm³/mol. The summed E-state index contributed by atoms with van der Waals surface area (Å²) < 4.78 is 15.0. The largest absolute Gasteiger partial charge is 3.00 e. The first-order valence-corrected chi connectivity index (χ1v) is 7.61.